The zero-order valence-electron chi connectivity index (χ0n) is 6.93. The summed E-state index contributed by atoms with van der Waals surface area (Å²) in [6.45, 7) is 6.19. The van der Waals surface area contributed by atoms with Crippen LogP contribution in [0.5, 0.6) is 0 Å². The van der Waals surface area contributed by atoms with Crippen LogP contribution in [0.4, 0.5) is 0 Å². The maximum Gasteiger partial charge on any atom is 0.333 e. The number of hydrogen-bond acceptors (Lipinski definition) is 2. The second-order valence-corrected chi connectivity index (χ2v) is 2.94. The summed E-state index contributed by atoms with van der Waals surface area (Å²) in [5.74, 6) is 0.230. The molecular formula is C9H14O2. The second kappa shape index (κ2) is 3.56. The van der Waals surface area contributed by atoms with Gasteiger partial charge in [0.05, 0.1) is 6.61 Å². The number of carbonyl (C=O) groups excluding carboxylic acids is 1. The van der Waals surface area contributed by atoms with Crippen molar-refractivity contribution < 1.29 is 9.53 Å². The molecule has 1 rings (SSSR count). The topological polar surface area (TPSA) is 26.3 Å². The van der Waals surface area contributed by atoms with Crippen LogP contribution in [-0.4, -0.2) is 12.6 Å². The lowest BCUT2D eigenvalue weighted by Crippen LogP contribution is -2.08. The van der Waals surface area contributed by atoms with Gasteiger partial charge in [-0.15, -0.1) is 0 Å². The highest BCUT2D eigenvalue weighted by atomic mass is 16.5. The monoisotopic (exact) mass is 154 g/mol. The first-order valence-electron chi connectivity index (χ1n) is 4.11. The first kappa shape index (κ1) is 8.31. The first-order valence-corrected chi connectivity index (χ1v) is 4.11. The van der Waals surface area contributed by atoms with Gasteiger partial charge in [-0.05, 0) is 25.2 Å². The summed E-state index contributed by atoms with van der Waals surface area (Å²) in [6.07, 6.45) is 3.10. The Balaban J connectivity index is 2.22. The Kier molecular flexibility index (Phi) is 2.69. The third-order valence-corrected chi connectivity index (χ3v) is 1.77. The van der Waals surface area contributed by atoms with Gasteiger partial charge in [0.2, 0.25) is 0 Å². The van der Waals surface area contributed by atoms with Gasteiger partial charge in [-0.1, -0.05) is 13.5 Å². The molecule has 1 aliphatic carbocycles. The fourth-order valence-electron chi connectivity index (χ4n) is 0.886. The van der Waals surface area contributed by atoms with E-state index < -0.39 is 0 Å². The van der Waals surface area contributed by atoms with Crippen LogP contribution in [0.25, 0.3) is 0 Å². The van der Waals surface area contributed by atoms with Gasteiger partial charge in [-0.25, -0.2) is 4.79 Å². The highest BCUT2D eigenvalue weighted by Crippen LogP contribution is 2.35. The smallest absolute Gasteiger partial charge is 0.333 e. The predicted octanol–water partition coefficient (Wildman–Crippen LogP) is 1.91. The molecule has 0 saturated heterocycles. The van der Waals surface area contributed by atoms with Gasteiger partial charge >= 0.3 is 5.97 Å². The molecule has 1 saturated carbocycles. The first-order chi connectivity index (χ1) is 5.25. The van der Waals surface area contributed by atoms with Gasteiger partial charge in [-0.2, -0.15) is 0 Å². The Hall–Kier alpha value is -0.790. The molecule has 0 bridgehead atoms. The minimum absolute atomic E-state index is 0.200. The Labute approximate surface area is 67.2 Å². The van der Waals surface area contributed by atoms with Crippen LogP contribution in [0.3, 0.4) is 0 Å². The minimum atomic E-state index is -0.200. The highest BCUT2D eigenvalue weighted by Gasteiger charge is 2.29. The molecule has 1 fully saturated rings. The number of carbonyl (C=O) groups is 1. The van der Waals surface area contributed by atoms with Crippen LogP contribution in [0, 0.1) is 5.92 Å². The lowest BCUT2D eigenvalue weighted by molar-refractivity contribution is -0.139. The lowest BCUT2D eigenvalue weighted by atomic mass is 10.2. The maximum absolute atomic E-state index is 11.1. The fourth-order valence-corrected chi connectivity index (χ4v) is 0.886. The molecular weight excluding hydrogens is 140 g/mol. The van der Waals surface area contributed by atoms with Gasteiger partial charge in [0, 0.05) is 5.57 Å². The Morgan fingerprint density at radius 3 is 2.73 bits per heavy atom. The summed E-state index contributed by atoms with van der Waals surface area (Å²) in [5, 5.41) is 0. The van der Waals surface area contributed by atoms with Crippen molar-refractivity contribution in [3.05, 3.63) is 12.2 Å². The van der Waals surface area contributed by atoms with E-state index in [-0.39, 0.29) is 5.97 Å². The molecule has 0 unspecified atom stereocenters. The zero-order chi connectivity index (χ0) is 8.27. The van der Waals surface area contributed by atoms with Crippen molar-refractivity contribution in [2.75, 3.05) is 6.61 Å². The summed E-state index contributed by atoms with van der Waals surface area (Å²) in [5.41, 5.74) is 0.665. The van der Waals surface area contributed by atoms with Gasteiger partial charge in [0.15, 0.2) is 0 Å². The van der Waals surface area contributed by atoms with Crippen LogP contribution in [0.15, 0.2) is 12.2 Å². The number of rotatable bonds is 4. The lowest BCUT2D eigenvalue weighted by Gasteiger charge is -2.03. The third kappa shape index (κ3) is 2.37. The standard InChI is InChI=1S/C9H14O2/c1-3-6-11-9(10)7(2)8-4-5-8/h8H,2-6H2,1H3. The predicted molar refractivity (Wildman–Crippen MR) is 43.1 cm³/mol. The molecule has 62 valence electrons. The van der Waals surface area contributed by atoms with Crippen molar-refractivity contribution in [1.82, 2.24) is 0 Å². The van der Waals surface area contributed by atoms with E-state index in [1.54, 1.807) is 0 Å². The number of ether oxygens (including phenoxy) is 1. The van der Waals surface area contributed by atoms with Crippen LogP contribution >= 0.6 is 0 Å². The van der Waals surface area contributed by atoms with Crippen LogP contribution in [0.1, 0.15) is 26.2 Å². The van der Waals surface area contributed by atoms with E-state index in [1.807, 2.05) is 6.92 Å². The van der Waals surface area contributed by atoms with Crippen LogP contribution < -0.4 is 0 Å². The van der Waals surface area contributed by atoms with Gasteiger partial charge < -0.3 is 4.74 Å². The molecule has 0 aromatic rings. The summed E-state index contributed by atoms with van der Waals surface area (Å²) >= 11 is 0. The summed E-state index contributed by atoms with van der Waals surface area (Å²) in [4.78, 5) is 11.1. The highest BCUT2D eigenvalue weighted by molar-refractivity contribution is 5.88. The molecule has 1 aliphatic rings. The normalized spacial score (nSPS) is 16.1. The molecule has 0 aromatic carbocycles. The number of hydrogen-bond donors (Lipinski definition) is 0. The van der Waals surface area contributed by atoms with E-state index in [4.69, 9.17) is 4.74 Å². The van der Waals surface area contributed by atoms with Gasteiger partial charge in [0.25, 0.3) is 0 Å². The summed E-state index contributed by atoms with van der Waals surface area (Å²) in [6, 6.07) is 0. The Morgan fingerprint density at radius 2 is 2.27 bits per heavy atom. The van der Waals surface area contributed by atoms with Crippen molar-refractivity contribution in [1.29, 1.82) is 0 Å². The summed E-state index contributed by atoms with van der Waals surface area (Å²) in [7, 11) is 0. The molecule has 2 heteroatoms. The third-order valence-electron chi connectivity index (χ3n) is 1.77. The Morgan fingerprint density at radius 1 is 1.64 bits per heavy atom. The molecule has 0 atom stereocenters. The van der Waals surface area contributed by atoms with Crippen molar-refractivity contribution in [3.8, 4) is 0 Å². The maximum atomic E-state index is 11.1. The molecule has 0 aliphatic heterocycles. The zero-order valence-corrected chi connectivity index (χ0v) is 6.93. The average molecular weight is 154 g/mol. The molecule has 0 amide bonds. The molecule has 0 spiro atoms. The van der Waals surface area contributed by atoms with Crippen molar-refractivity contribution in [2.24, 2.45) is 5.92 Å². The minimum Gasteiger partial charge on any atom is -0.462 e. The Bertz CT molecular complexity index is 168. The number of esters is 1. The average Bonchev–Trinajstić information content (AvgIpc) is 2.81. The largest absolute Gasteiger partial charge is 0.462 e. The molecule has 0 heterocycles. The van der Waals surface area contributed by atoms with Crippen molar-refractivity contribution in [3.63, 3.8) is 0 Å². The molecule has 0 aromatic heterocycles. The van der Waals surface area contributed by atoms with E-state index in [0.29, 0.717) is 18.1 Å². The van der Waals surface area contributed by atoms with E-state index in [1.165, 1.54) is 0 Å². The van der Waals surface area contributed by atoms with Crippen molar-refractivity contribution in [2.45, 2.75) is 26.2 Å². The van der Waals surface area contributed by atoms with Crippen LogP contribution in [0.2, 0.25) is 0 Å². The molecule has 2 nitrogen and oxygen atoms in total. The van der Waals surface area contributed by atoms with Gasteiger partial charge in [0.1, 0.15) is 0 Å². The van der Waals surface area contributed by atoms with E-state index in [0.717, 1.165) is 19.3 Å². The molecule has 0 N–H and O–H groups in total. The van der Waals surface area contributed by atoms with E-state index >= 15 is 0 Å². The fraction of sp³-hybridized carbons (Fsp3) is 0.667. The SMILES string of the molecule is C=C(C(=O)OCCC)C1CC1. The second-order valence-electron chi connectivity index (χ2n) is 2.94. The molecule has 0 radical (unpaired) electrons. The molecule has 11 heavy (non-hydrogen) atoms. The van der Waals surface area contributed by atoms with Gasteiger partial charge in [-0.3, -0.25) is 0 Å². The van der Waals surface area contributed by atoms with Crippen LogP contribution in [-0.2, 0) is 9.53 Å². The van der Waals surface area contributed by atoms with E-state index in [9.17, 15) is 4.79 Å². The van der Waals surface area contributed by atoms with Crippen molar-refractivity contribution >= 4 is 5.97 Å². The summed E-state index contributed by atoms with van der Waals surface area (Å²) < 4.78 is 4.92. The quantitative estimate of drug-likeness (QED) is 0.456. The van der Waals surface area contributed by atoms with E-state index in [2.05, 4.69) is 6.58 Å².